The number of rotatable bonds is 9. The molecule has 0 unspecified atom stereocenters. The zero-order chi connectivity index (χ0) is 24.1. The Labute approximate surface area is 202 Å². The number of nitrogens with zero attached hydrogens (tertiary/aromatic N) is 4. The first-order valence-electron chi connectivity index (χ1n) is 11.1. The standard InChI is InChI=1S/C25H27N5O3S/c1-4-11-29-16-26-25-27-19(13-24(32)30(25)29)15-34-22-8-6-5-7-20(22)28-23(31)14-33-21-10-9-17(2)12-18(21)3/h5-10,12-13,16H,4,11,14-15H2,1-3H3,(H,28,31). The molecule has 8 nitrogen and oxygen atoms in total. The lowest BCUT2D eigenvalue weighted by atomic mass is 10.1. The zero-order valence-corrected chi connectivity index (χ0v) is 20.3. The Kier molecular flexibility index (Phi) is 7.32. The second kappa shape index (κ2) is 10.6. The van der Waals surface area contributed by atoms with Crippen molar-refractivity contribution >= 4 is 29.1 Å². The topological polar surface area (TPSA) is 90.5 Å². The van der Waals surface area contributed by atoms with Gasteiger partial charge >= 0.3 is 0 Å². The molecule has 0 saturated heterocycles. The minimum atomic E-state index is -0.243. The quantitative estimate of drug-likeness (QED) is 0.363. The van der Waals surface area contributed by atoms with E-state index in [9.17, 15) is 9.59 Å². The van der Waals surface area contributed by atoms with Gasteiger partial charge < -0.3 is 10.1 Å². The van der Waals surface area contributed by atoms with E-state index >= 15 is 0 Å². The smallest absolute Gasteiger partial charge is 0.274 e. The summed E-state index contributed by atoms with van der Waals surface area (Å²) in [5.41, 5.74) is 3.30. The number of para-hydroxylation sites is 1. The van der Waals surface area contributed by atoms with E-state index in [4.69, 9.17) is 4.74 Å². The Balaban J connectivity index is 1.41. The van der Waals surface area contributed by atoms with Crippen molar-refractivity contribution in [3.8, 4) is 5.75 Å². The van der Waals surface area contributed by atoms with Gasteiger partial charge in [0.2, 0.25) is 0 Å². The van der Waals surface area contributed by atoms with Crippen molar-refractivity contribution in [3.05, 3.63) is 82.0 Å². The summed E-state index contributed by atoms with van der Waals surface area (Å²) in [5, 5.41) is 2.92. The van der Waals surface area contributed by atoms with Crippen molar-refractivity contribution in [2.45, 2.75) is 44.4 Å². The normalized spacial score (nSPS) is 11.0. The Bertz CT molecular complexity index is 1380. The van der Waals surface area contributed by atoms with Gasteiger partial charge in [0.25, 0.3) is 17.2 Å². The third-order valence-corrected chi connectivity index (χ3v) is 6.28. The lowest BCUT2D eigenvalue weighted by molar-refractivity contribution is -0.118. The third kappa shape index (κ3) is 5.48. The molecular weight excluding hydrogens is 450 g/mol. The van der Waals surface area contributed by atoms with Gasteiger partial charge in [-0.15, -0.1) is 11.8 Å². The van der Waals surface area contributed by atoms with Crippen LogP contribution in [0.1, 0.15) is 30.2 Å². The van der Waals surface area contributed by atoms with E-state index in [0.717, 1.165) is 22.4 Å². The number of hydrogen-bond acceptors (Lipinski definition) is 6. The molecule has 34 heavy (non-hydrogen) atoms. The first-order valence-corrected chi connectivity index (χ1v) is 12.1. The van der Waals surface area contributed by atoms with Crippen LogP contribution < -0.4 is 15.6 Å². The lowest BCUT2D eigenvalue weighted by Crippen LogP contribution is -2.21. The summed E-state index contributed by atoms with van der Waals surface area (Å²) in [6.45, 7) is 6.63. The average molecular weight is 478 g/mol. The van der Waals surface area contributed by atoms with Gasteiger partial charge in [0.05, 0.1) is 11.4 Å². The van der Waals surface area contributed by atoms with E-state index in [2.05, 4.69) is 15.3 Å². The Morgan fingerprint density at radius 3 is 2.76 bits per heavy atom. The fourth-order valence-corrected chi connectivity index (χ4v) is 4.51. The summed E-state index contributed by atoms with van der Waals surface area (Å²) in [5.74, 6) is 1.31. The summed E-state index contributed by atoms with van der Waals surface area (Å²) in [6, 6.07) is 14.9. The first kappa shape index (κ1) is 23.6. The maximum Gasteiger partial charge on any atom is 0.274 e. The SMILES string of the molecule is CCCn1cnc2nc(CSc3ccccc3NC(=O)COc3ccc(C)cc3C)cc(=O)n21. The number of carbonyl (C=O) groups is 1. The lowest BCUT2D eigenvalue weighted by Gasteiger charge is -2.12. The molecule has 4 rings (SSSR count). The van der Waals surface area contributed by atoms with Crippen molar-refractivity contribution in [1.29, 1.82) is 0 Å². The van der Waals surface area contributed by atoms with E-state index in [1.165, 1.54) is 22.3 Å². The molecule has 0 fully saturated rings. The second-order valence-electron chi connectivity index (χ2n) is 8.00. The summed E-state index contributed by atoms with van der Waals surface area (Å²) < 4.78 is 8.95. The van der Waals surface area contributed by atoms with Crippen LogP contribution in [-0.4, -0.2) is 31.7 Å². The van der Waals surface area contributed by atoms with Gasteiger partial charge in [-0.3, -0.25) is 14.3 Å². The van der Waals surface area contributed by atoms with Gasteiger partial charge in [0.1, 0.15) is 12.1 Å². The number of thioether (sulfide) groups is 1. The van der Waals surface area contributed by atoms with Crippen LogP contribution >= 0.6 is 11.8 Å². The van der Waals surface area contributed by atoms with Gasteiger partial charge in [-0.25, -0.2) is 4.98 Å². The Morgan fingerprint density at radius 1 is 1.15 bits per heavy atom. The summed E-state index contributed by atoms with van der Waals surface area (Å²) in [4.78, 5) is 34.8. The van der Waals surface area contributed by atoms with Crippen LogP contribution in [0.5, 0.6) is 5.75 Å². The molecule has 9 heteroatoms. The van der Waals surface area contributed by atoms with Crippen molar-refractivity contribution < 1.29 is 9.53 Å². The maximum absolute atomic E-state index is 12.6. The number of amides is 1. The highest BCUT2D eigenvalue weighted by Crippen LogP contribution is 2.29. The summed E-state index contributed by atoms with van der Waals surface area (Å²) in [6.07, 6.45) is 2.53. The van der Waals surface area contributed by atoms with E-state index in [1.54, 1.807) is 11.0 Å². The number of ether oxygens (including phenoxy) is 1. The van der Waals surface area contributed by atoms with Gasteiger partial charge in [-0.05, 0) is 44.0 Å². The van der Waals surface area contributed by atoms with Gasteiger partial charge in [-0.2, -0.15) is 9.50 Å². The van der Waals surface area contributed by atoms with Gasteiger partial charge in [0.15, 0.2) is 6.61 Å². The minimum absolute atomic E-state index is 0.0850. The van der Waals surface area contributed by atoms with Crippen LogP contribution in [0.2, 0.25) is 0 Å². The van der Waals surface area contributed by atoms with Crippen LogP contribution in [-0.2, 0) is 17.1 Å². The molecule has 0 aliphatic heterocycles. The molecule has 2 aromatic carbocycles. The fourth-order valence-electron chi connectivity index (χ4n) is 3.60. The van der Waals surface area contributed by atoms with Crippen LogP contribution in [0.25, 0.3) is 5.78 Å². The Morgan fingerprint density at radius 2 is 1.97 bits per heavy atom. The number of anilines is 1. The molecule has 0 spiro atoms. The molecule has 0 saturated carbocycles. The van der Waals surface area contributed by atoms with Gasteiger partial charge in [0, 0.05) is 23.3 Å². The van der Waals surface area contributed by atoms with Crippen LogP contribution in [0, 0.1) is 13.8 Å². The van der Waals surface area contributed by atoms with Crippen LogP contribution in [0.4, 0.5) is 5.69 Å². The van der Waals surface area contributed by atoms with E-state index < -0.39 is 0 Å². The number of carbonyl (C=O) groups excluding carboxylic acids is 1. The predicted molar refractivity (Wildman–Crippen MR) is 134 cm³/mol. The van der Waals surface area contributed by atoms with Crippen LogP contribution in [0.15, 0.2) is 64.5 Å². The summed E-state index contributed by atoms with van der Waals surface area (Å²) in [7, 11) is 0. The molecule has 4 aromatic rings. The molecule has 2 heterocycles. The molecule has 176 valence electrons. The molecule has 1 N–H and O–H groups in total. The number of fused-ring (bicyclic) bond motifs is 1. The molecule has 0 aliphatic carbocycles. The van der Waals surface area contributed by atoms with Crippen molar-refractivity contribution in [2.24, 2.45) is 0 Å². The minimum Gasteiger partial charge on any atom is -0.483 e. The molecular formula is C25H27N5O3S. The molecule has 0 aliphatic rings. The highest BCUT2D eigenvalue weighted by atomic mass is 32.2. The van der Waals surface area contributed by atoms with E-state index in [-0.39, 0.29) is 18.1 Å². The number of hydrogen-bond donors (Lipinski definition) is 1. The first-order chi connectivity index (χ1) is 16.4. The predicted octanol–water partition coefficient (Wildman–Crippen LogP) is 4.23. The molecule has 1 amide bonds. The highest BCUT2D eigenvalue weighted by Gasteiger charge is 2.12. The third-order valence-electron chi connectivity index (χ3n) is 5.17. The van der Waals surface area contributed by atoms with Crippen molar-refractivity contribution in [1.82, 2.24) is 19.2 Å². The second-order valence-corrected chi connectivity index (χ2v) is 9.01. The number of aryl methyl sites for hydroxylation is 3. The molecule has 2 aromatic heterocycles. The maximum atomic E-state index is 12.6. The number of nitrogens with one attached hydrogen (secondary N) is 1. The van der Waals surface area contributed by atoms with Crippen molar-refractivity contribution in [2.75, 3.05) is 11.9 Å². The Hall–Kier alpha value is -3.59. The van der Waals surface area contributed by atoms with Crippen LogP contribution in [0.3, 0.4) is 0 Å². The fraction of sp³-hybridized carbons (Fsp3) is 0.280. The van der Waals surface area contributed by atoms with Crippen molar-refractivity contribution in [3.63, 3.8) is 0 Å². The highest BCUT2D eigenvalue weighted by molar-refractivity contribution is 7.98. The largest absolute Gasteiger partial charge is 0.483 e. The monoisotopic (exact) mass is 477 g/mol. The number of aromatic nitrogens is 4. The summed E-state index contributed by atoms with van der Waals surface area (Å²) >= 11 is 1.49. The molecule has 0 radical (unpaired) electrons. The molecule has 0 atom stereocenters. The van der Waals surface area contributed by atoms with Gasteiger partial charge in [-0.1, -0.05) is 36.8 Å². The number of benzene rings is 2. The average Bonchev–Trinajstić information content (AvgIpc) is 3.21. The van der Waals surface area contributed by atoms with E-state index in [0.29, 0.717) is 35.2 Å². The zero-order valence-electron chi connectivity index (χ0n) is 19.4. The van der Waals surface area contributed by atoms with E-state index in [1.807, 2.05) is 63.2 Å². The molecule has 0 bridgehead atoms.